The number of carbonyl (C=O) groups is 2. The van der Waals surface area contributed by atoms with Crippen LogP contribution in [0.1, 0.15) is 24.5 Å². The van der Waals surface area contributed by atoms with Crippen LogP contribution in [0.3, 0.4) is 0 Å². The van der Waals surface area contributed by atoms with Crippen LogP contribution in [0.5, 0.6) is 0 Å². The fourth-order valence-corrected chi connectivity index (χ4v) is 2.32. The smallest absolute Gasteiger partial charge is 0.354 e. The van der Waals surface area contributed by atoms with E-state index in [9.17, 15) is 22.8 Å². The van der Waals surface area contributed by atoms with Gasteiger partial charge >= 0.3 is 6.18 Å². The molecule has 0 radical (unpaired) electrons. The van der Waals surface area contributed by atoms with Crippen LogP contribution in [0.4, 0.5) is 13.2 Å². The fraction of sp³-hybridized carbons (Fsp3) is 0.615. The van der Waals surface area contributed by atoms with Gasteiger partial charge in [0.2, 0.25) is 11.8 Å². The Balaban J connectivity index is 0.00000529. The molecule has 6 nitrogen and oxygen atoms in total. The number of hydrogen-bond donors (Lipinski definition) is 3. The number of carbonyl (C=O) groups excluding carboxylic acids is 2. The summed E-state index contributed by atoms with van der Waals surface area (Å²) in [6.45, 7) is 3.47. The third-order valence-electron chi connectivity index (χ3n) is 2.95. The summed E-state index contributed by atoms with van der Waals surface area (Å²) >= 11 is 0.885. The van der Waals surface area contributed by atoms with Gasteiger partial charge in [-0.3, -0.25) is 9.59 Å². The third kappa shape index (κ3) is 7.45. The monoisotopic (exact) mass is 388 g/mol. The summed E-state index contributed by atoms with van der Waals surface area (Å²) in [5, 5.41) is 6.11. The van der Waals surface area contributed by atoms with Crippen molar-refractivity contribution in [1.82, 2.24) is 15.6 Å². The Hall–Kier alpha value is -1.39. The summed E-state index contributed by atoms with van der Waals surface area (Å²) in [4.78, 5) is 26.5. The molecule has 0 aliphatic rings. The molecule has 0 aliphatic carbocycles. The molecule has 24 heavy (non-hydrogen) atoms. The number of alkyl halides is 3. The molecule has 1 rings (SSSR count). The van der Waals surface area contributed by atoms with Crippen molar-refractivity contribution < 1.29 is 22.8 Å². The van der Waals surface area contributed by atoms with Crippen LogP contribution in [0.25, 0.3) is 0 Å². The lowest BCUT2D eigenvalue weighted by molar-refractivity contribution is -0.140. The van der Waals surface area contributed by atoms with Crippen molar-refractivity contribution in [3.63, 3.8) is 0 Å². The molecule has 4 N–H and O–H groups in total. The summed E-state index contributed by atoms with van der Waals surface area (Å²) in [6.07, 6.45) is -4.27. The Labute approximate surface area is 147 Å². The molecule has 0 spiro atoms. The van der Waals surface area contributed by atoms with Crippen LogP contribution in [-0.4, -0.2) is 35.9 Å². The van der Waals surface area contributed by atoms with E-state index >= 15 is 0 Å². The van der Waals surface area contributed by atoms with E-state index in [4.69, 9.17) is 5.73 Å². The first-order chi connectivity index (χ1) is 10.6. The molecule has 0 aliphatic heterocycles. The highest BCUT2D eigenvalue weighted by atomic mass is 35.5. The number of halogens is 4. The fourth-order valence-electron chi connectivity index (χ4n) is 1.52. The standard InChI is InChI=1S/C13H19F3N4O2S.ClH/c1-7(2)11(17)12(22)19-5-9(21)18-4-3-10-20-8(6-23-10)13(14,15)16;/h6-7,11H,3-5,17H2,1-2H3,(H,18,21)(H,19,22);1H/t11-;/m0./s1. The van der Waals surface area contributed by atoms with Gasteiger partial charge in [-0.15, -0.1) is 23.7 Å². The van der Waals surface area contributed by atoms with Gasteiger partial charge in [0.25, 0.3) is 0 Å². The number of nitrogens with one attached hydrogen (secondary N) is 2. The second-order valence-electron chi connectivity index (χ2n) is 5.21. The largest absolute Gasteiger partial charge is 0.434 e. The maximum Gasteiger partial charge on any atom is 0.434 e. The minimum atomic E-state index is -4.46. The van der Waals surface area contributed by atoms with Gasteiger partial charge in [-0.25, -0.2) is 4.98 Å². The SMILES string of the molecule is CC(C)[C@H](N)C(=O)NCC(=O)NCCc1nc(C(F)(F)F)cs1.Cl. The Kier molecular flexibility index (Phi) is 9.23. The Morgan fingerprint density at radius 1 is 1.33 bits per heavy atom. The third-order valence-corrected chi connectivity index (χ3v) is 3.86. The van der Waals surface area contributed by atoms with Gasteiger partial charge in [0.15, 0.2) is 5.69 Å². The van der Waals surface area contributed by atoms with Gasteiger partial charge in [0, 0.05) is 18.3 Å². The van der Waals surface area contributed by atoms with Crippen LogP contribution < -0.4 is 16.4 Å². The number of nitrogens with two attached hydrogens (primary N) is 1. The first-order valence-electron chi connectivity index (χ1n) is 6.93. The average molecular weight is 389 g/mol. The Bertz CT molecular complexity index is 552. The van der Waals surface area contributed by atoms with Crippen molar-refractivity contribution in [3.05, 3.63) is 16.1 Å². The van der Waals surface area contributed by atoms with E-state index in [1.54, 1.807) is 13.8 Å². The molecule has 0 unspecified atom stereocenters. The highest BCUT2D eigenvalue weighted by molar-refractivity contribution is 7.09. The van der Waals surface area contributed by atoms with Gasteiger partial charge in [0.1, 0.15) is 0 Å². The molecular formula is C13H20ClF3N4O2S. The topological polar surface area (TPSA) is 97.1 Å². The van der Waals surface area contributed by atoms with E-state index in [0.717, 1.165) is 16.7 Å². The number of hydrogen-bond acceptors (Lipinski definition) is 5. The molecular weight excluding hydrogens is 369 g/mol. The first kappa shape index (κ1) is 22.6. The second-order valence-corrected chi connectivity index (χ2v) is 6.15. The molecule has 2 amide bonds. The summed E-state index contributed by atoms with van der Waals surface area (Å²) in [7, 11) is 0. The lowest BCUT2D eigenvalue weighted by Crippen LogP contribution is -2.47. The van der Waals surface area contributed by atoms with E-state index in [2.05, 4.69) is 15.6 Å². The molecule has 11 heteroatoms. The normalized spacial score (nSPS) is 12.5. The number of rotatable bonds is 7. The van der Waals surface area contributed by atoms with Gasteiger partial charge < -0.3 is 16.4 Å². The number of thiazole rings is 1. The second kappa shape index (κ2) is 9.80. The molecule has 1 atom stereocenters. The Morgan fingerprint density at radius 2 is 1.96 bits per heavy atom. The minimum Gasteiger partial charge on any atom is -0.354 e. The molecule has 138 valence electrons. The zero-order valence-corrected chi connectivity index (χ0v) is 14.8. The average Bonchev–Trinajstić information content (AvgIpc) is 2.92. The van der Waals surface area contributed by atoms with Crippen molar-refractivity contribution in [2.24, 2.45) is 11.7 Å². The van der Waals surface area contributed by atoms with Gasteiger partial charge in [-0.2, -0.15) is 13.2 Å². The molecule has 0 fully saturated rings. The van der Waals surface area contributed by atoms with E-state index < -0.39 is 29.7 Å². The summed E-state index contributed by atoms with van der Waals surface area (Å²) in [6, 6.07) is -0.695. The highest BCUT2D eigenvalue weighted by Crippen LogP contribution is 2.29. The lowest BCUT2D eigenvalue weighted by atomic mass is 10.1. The predicted octanol–water partition coefficient (Wildman–Crippen LogP) is 1.34. The van der Waals surface area contributed by atoms with Crippen molar-refractivity contribution in [1.29, 1.82) is 0 Å². The Morgan fingerprint density at radius 3 is 2.46 bits per heavy atom. The van der Waals surface area contributed by atoms with Crippen molar-refractivity contribution in [2.45, 2.75) is 32.5 Å². The van der Waals surface area contributed by atoms with E-state index in [1.165, 1.54) is 0 Å². The number of nitrogens with zero attached hydrogens (tertiary/aromatic N) is 1. The maximum atomic E-state index is 12.4. The highest BCUT2D eigenvalue weighted by Gasteiger charge is 2.33. The predicted molar refractivity (Wildman–Crippen MR) is 86.9 cm³/mol. The van der Waals surface area contributed by atoms with Gasteiger partial charge in [-0.1, -0.05) is 13.8 Å². The molecule has 0 saturated carbocycles. The van der Waals surface area contributed by atoms with Crippen LogP contribution >= 0.6 is 23.7 Å². The zero-order chi connectivity index (χ0) is 17.6. The molecule has 1 heterocycles. The zero-order valence-electron chi connectivity index (χ0n) is 13.1. The summed E-state index contributed by atoms with van der Waals surface area (Å²) in [5.74, 6) is -0.919. The number of amides is 2. The van der Waals surface area contributed by atoms with Crippen molar-refractivity contribution in [3.8, 4) is 0 Å². The van der Waals surface area contributed by atoms with Crippen LogP contribution in [-0.2, 0) is 22.2 Å². The number of aromatic nitrogens is 1. The van der Waals surface area contributed by atoms with E-state index in [0.29, 0.717) is 0 Å². The van der Waals surface area contributed by atoms with Crippen molar-refractivity contribution in [2.75, 3.05) is 13.1 Å². The van der Waals surface area contributed by atoms with E-state index in [-0.39, 0.29) is 42.8 Å². The summed E-state index contributed by atoms with van der Waals surface area (Å²) < 4.78 is 37.1. The molecule has 0 bridgehead atoms. The molecule has 0 aromatic carbocycles. The lowest BCUT2D eigenvalue weighted by Gasteiger charge is -2.15. The van der Waals surface area contributed by atoms with Crippen LogP contribution in [0, 0.1) is 5.92 Å². The van der Waals surface area contributed by atoms with Crippen molar-refractivity contribution >= 4 is 35.6 Å². The van der Waals surface area contributed by atoms with Crippen LogP contribution in [0.2, 0.25) is 0 Å². The summed E-state index contributed by atoms with van der Waals surface area (Å²) in [5.41, 5.74) is 4.69. The minimum absolute atomic E-state index is 0. The van der Waals surface area contributed by atoms with Crippen LogP contribution in [0.15, 0.2) is 5.38 Å². The molecule has 0 saturated heterocycles. The maximum absolute atomic E-state index is 12.4. The molecule has 1 aromatic rings. The van der Waals surface area contributed by atoms with Gasteiger partial charge in [0.05, 0.1) is 17.6 Å². The van der Waals surface area contributed by atoms with Gasteiger partial charge in [-0.05, 0) is 5.92 Å². The first-order valence-corrected chi connectivity index (χ1v) is 7.80. The molecule has 1 aromatic heterocycles. The quantitative estimate of drug-likeness (QED) is 0.656. The van der Waals surface area contributed by atoms with E-state index in [1.807, 2.05) is 0 Å².